The van der Waals surface area contributed by atoms with E-state index in [1.54, 1.807) is 11.6 Å². The van der Waals surface area contributed by atoms with E-state index in [0.29, 0.717) is 4.88 Å². The van der Waals surface area contributed by atoms with Gasteiger partial charge in [-0.25, -0.2) is 22.7 Å². The maximum atomic E-state index is 12.5. The molecule has 0 saturated carbocycles. The number of urea groups is 1. The maximum absolute atomic E-state index is 12.5. The normalized spacial score (nSPS) is 10.9. The molecular formula is C13H15N5O6S2. The van der Waals surface area contributed by atoms with Crippen LogP contribution in [0.25, 0.3) is 0 Å². The van der Waals surface area contributed by atoms with Crippen molar-refractivity contribution in [3.8, 4) is 6.01 Å². The molecule has 0 radical (unpaired) electrons. The number of methoxy groups -OCH3 is 2. The third kappa shape index (κ3) is 4.23. The van der Waals surface area contributed by atoms with Gasteiger partial charge in [0.2, 0.25) is 5.95 Å². The second-order valence-corrected chi connectivity index (χ2v) is 7.48. The molecule has 0 saturated heterocycles. The second-order valence-electron chi connectivity index (χ2n) is 4.78. The van der Waals surface area contributed by atoms with Crippen LogP contribution in [0.5, 0.6) is 6.01 Å². The molecule has 0 aliphatic carbocycles. The molecule has 0 bridgehead atoms. The highest BCUT2D eigenvalue weighted by Crippen LogP contribution is 2.27. The van der Waals surface area contributed by atoms with Crippen molar-refractivity contribution >= 4 is 39.3 Å². The highest BCUT2D eigenvalue weighted by molar-refractivity contribution is 7.90. The molecule has 13 heteroatoms. The number of rotatable bonds is 5. The van der Waals surface area contributed by atoms with E-state index in [1.807, 2.05) is 0 Å². The third-order valence-corrected chi connectivity index (χ3v) is 5.51. The van der Waals surface area contributed by atoms with Crippen LogP contribution >= 0.6 is 11.3 Å². The highest BCUT2D eigenvalue weighted by Gasteiger charge is 2.29. The van der Waals surface area contributed by atoms with Crippen LogP contribution in [0, 0.1) is 13.8 Å². The van der Waals surface area contributed by atoms with Crippen LogP contribution in [0.1, 0.15) is 21.1 Å². The van der Waals surface area contributed by atoms with E-state index >= 15 is 0 Å². The topological polar surface area (TPSA) is 149 Å². The fourth-order valence-corrected chi connectivity index (χ4v) is 4.41. The number of nitrogens with one attached hydrogen (secondary N) is 2. The number of hydrogen-bond acceptors (Lipinski definition) is 10. The summed E-state index contributed by atoms with van der Waals surface area (Å²) in [7, 11) is -1.88. The number of sulfonamides is 1. The summed E-state index contributed by atoms with van der Waals surface area (Å²) < 4.78 is 36.2. The molecule has 2 amide bonds. The van der Waals surface area contributed by atoms with E-state index in [9.17, 15) is 18.0 Å². The Labute approximate surface area is 152 Å². The summed E-state index contributed by atoms with van der Waals surface area (Å²) in [5, 5.41) is 3.51. The number of nitrogens with zero attached hydrogens (tertiary/aromatic N) is 3. The molecule has 0 aliphatic rings. The van der Waals surface area contributed by atoms with Crippen LogP contribution in [0.3, 0.4) is 0 Å². The molecule has 0 aliphatic heterocycles. The minimum absolute atomic E-state index is 0.0442. The Morgan fingerprint density at radius 1 is 1.15 bits per heavy atom. The SMILES string of the molecule is COC(=O)c1csc(C)c1S(=O)(=O)NC(=O)Nc1nc(C)nc(OC)n1. The predicted octanol–water partition coefficient (Wildman–Crippen LogP) is 0.856. The van der Waals surface area contributed by atoms with Crippen LogP contribution in [0.2, 0.25) is 0 Å². The molecule has 2 heterocycles. The number of aromatic nitrogens is 3. The van der Waals surface area contributed by atoms with E-state index in [4.69, 9.17) is 4.74 Å². The van der Waals surface area contributed by atoms with E-state index in [-0.39, 0.29) is 28.2 Å². The van der Waals surface area contributed by atoms with Crippen molar-refractivity contribution < 1.29 is 27.5 Å². The largest absolute Gasteiger partial charge is 0.467 e. The number of carbonyl (C=O) groups excluding carboxylic acids is 2. The highest BCUT2D eigenvalue weighted by atomic mass is 32.2. The van der Waals surface area contributed by atoms with Gasteiger partial charge in [0.15, 0.2) is 0 Å². The van der Waals surface area contributed by atoms with Crippen molar-refractivity contribution in [2.24, 2.45) is 0 Å². The summed E-state index contributed by atoms with van der Waals surface area (Å²) in [5.74, 6) is -0.762. The van der Waals surface area contributed by atoms with Crippen LogP contribution in [0.4, 0.5) is 10.7 Å². The van der Waals surface area contributed by atoms with Gasteiger partial charge in [-0.3, -0.25) is 5.32 Å². The van der Waals surface area contributed by atoms with Gasteiger partial charge in [-0.2, -0.15) is 15.0 Å². The summed E-state index contributed by atoms with van der Waals surface area (Å²) in [6, 6.07) is -1.16. The van der Waals surface area contributed by atoms with E-state index in [1.165, 1.54) is 19.4 Å². The van der Waals surface area contributed by atoms with Crippen molar-refractivity contribution in [1.82, 2.24) is 19.7 Å². The predicted molar refractivity (Wildman–Crippen MR) is 90.9 cm³/mol. The number of ether oxygens (including phenoxy) is 2. The number of carbonyl (C=O) groups is 2. The molecule has 2 rings (SSSR count). The summed E-state index contributed by atoms with van der Waals surface area (Å²) in [6.07, 6.45) is 0. The quantitative estimate of drug-likeness (QED) is 0.695. The lowest BCUT2D eigenvalue weighted by Crippen LogP contribution is -2.35. The molecule has 2 aromatic rings. The Kier molecular flexibility index (Phi) is 5.72. The van der Waals surface area contributed by atoms with Gasteiger partial charge < -0.3 is 9.47 Å². The number of esters is 1. The zero-order chi connectivity index (χ0) is 19.5. The lowest BCUT2D eigenvalue weighted by atomic mass is 10.3. The van der Waals surface area contributed by atoms with Gasteiger partial charge in [-0.1, -0.05) is 0 Å². The van der Waals surface area contributed by atoms with Gasteiger partial charge >= 0.3 is 18.0 Å². The maximum Gasteiger partial charge on any atom is 0.340 e. The monoisotopic (exact) mass is 401 g/mol. The fourth-order valence-electron chi connectivity index (χ4n) is 1.93. The first-order chi connectivity index (χ1) is 12.2. The van der Waals surface area contributed by atoms with Crippen molar-refractivity contribution in [2.75, 3.05) is 19.5 Å². The molecule has 0 fully saturated rings. The first-order valence-corrected chi connectivity index (χ1v) is 9.31. The molecule has 140 valence electrons. The molecule has 0 aromatic carbocycles. The van der Waals surface area contributed by atoms with Crippen LogP contribution < -0.4 is 14.8 Å². The van der Waals surface area contributed by atoms with Gasteiger partial charge in [0, 0.05) is 10.3 Å². The number of amides is 2. The Balaban J connectivity index is 2.25. The zero-order valence-electron chi connectivity index (χ0n) is 14.2. The minimum atomic E-state index is -4.33. The Morgan fingerprint density at radius 2 is 1.85 bits per heavy atom. The van der Waals surface area contributed by atoms with Crippen LogP contribution in [-0.4, -0.2) is 49.6 Å². The standard InChI is InChI=1S/C13H15N5O6S2/c1-6-9(8(5-25-6)10(19)23-3)26(21,22)18-12(20)16-11-14-7(2)15-13(17-11)24-4/h5H,1-4H3,(H2,14,15,16,17,18,20). The van der Waals surface area contributed by atoms with Crippen LogP contribution in [0.15, 0.2) is 10.3 Å². The van der Waals surface area contributed by atoms with Crippen molar-refractivity contribution in [3.63, 3.8) is 0 Å². The third-order valence-electron chi connectivity index (χ3n) is 2.95. The van der Waals surface area contributed by atoms with Gasteiger partial charge in [0.1, 0.15) is 10.7 Å². The Bertz CT molecular complexity index is 956. The van der Waals surface area contributed by atoms with E-state index in [0.717, 1.165) is 18.4 Å². The summed E-state index contributed by atoms with van der Waals surface area (Å²) in [4.78, 5) is 35.2. The Hall–Kier alpha value is -2.80. The molecule has 0 unspecified atom stereocenters. The van der Waals surface area contributed by atoms with Gasteiger partial charge in [-0.05, 0) is 13.8 Å². The summed E-state index contributed by atoms with van der Waals surface area (Å²) in [5.41, 5.74) is -0.159. The summed E-state index contributed by atoms with van der Waals surface area (Å²) >= 11 is 1.04. The van der Waals surface area contributed by atoms with Crippen molar-refractivity contribution in [3.05, 3.63) is 21.6 Å². The molecule has 2 N–H and O–H groups in total. The first-order valence-electron chi connectivity index (χ1n) is 6.94. The number of anilines is 1. The zero-order valence-corrected chi connectivity index (χ0v) is 15.8. The fraction of sp³-hybridized carbons (Fsp3) is 0.308. The average molecular weight is 401 g/mol. The lowest BCUT2D eigenvalue weighted by molar-refractivity contribution is 0.0597. The van der Waals surface area contributed by atoms with Gasteiger partial charge in [0.25, 0.3) is 10.0 Å². The molecule has 2 aromatic heterocycles. The average Bonchev–Trinajstić information content (AvgIpc) is 2.95. The number of thiophene rings is 1. The van der Waals surface area contributed by atoms with Crippen LogP contribution in [-0.2, 0) is 14.8 Å². The minimum Gasteiger partial charge on any atom is -0.467 e. The second kappa shape index (κ2) is 7.61. The Morgan fingerprint density at radius 3 is 2.46 bits per heavy atom. The number of aryl methyl sites for hydroxylation is 2. The van der Waals surface area contributed by atoms with Gasteiger partial charge in [0.05, 0.1) is 19.8 Å². The molecule has 26 heavy (non-hydrogen) atoms. The van der Waals surface area contributed by atoms with E-state index in [2.05, 4.69) is 25.0 Å². The lowest BCUT2D eigenvalue weighted by Gasteiger charge is -2.09. The van der Waals surface area contributed by atoms with E-state index < -0.39 is 22.0 Å². The van der Waals surface area contributed by atoms with Gasteiger partial charge in [-0.15, -0.1) is 11.3 Å². The van der Waals surface area contributed by atoms with Crippen molar-refractivity contribution in [2.45, 2.75) is 18.7 Å². The van der Waals surface area contributed by atoms with Crippen molar-refractivity contribution in [1.29, 1.82) is 0 Å². The molecular weight excluding hydrogens is 386 g/mol. The summed E-state index contributed by atoms with van der Waals surface area (Å²) in [6.45, 7) is 3.05. The molecule has 0 atom stereocenters. The molecule has 0 spiro atoms. The molecule has 11 nitrogen and oxygen atoms in total. The number of hydrogen-bond donors (Lipinski definition) is 2. The first kappa shape index (κ1) is 19.5. The smallest absolute Gasteiger partial charge is 0.340 e.